The van der Waals surface area contributed by atoms with Crippen LogP contribution in [0.25, 0.3) is 0 Å². The third kappa shape index (κ3) is 5.54. The predicted octanol–water partition coefficient (Wildman–Crippen LogP) is 3.27. The highest BCUT2D eigenvalue weighted by Crippen LogP contribution is 2.33. The molecule has 8 heteroatoms. The summed E-state index contributed by atoms with van der Waals surface area (Å²) in [6.07, 6.45) is 1.45. The Morgan fingerprint density at radius 3 is 2.03 bits per heavy atom. The molecule has 8 nitrogen and oxygen atoms in total. The van der Waals surface area contributed by atoms with Crippen LogP contribution in [-0.4, -0.2) is 46.7 Å². The molecule has 0 aliphatic heterocycles. The van der Waals surface area contributed by atoms with E-state index in [0.717, 1.165) is 0 Å². The number of nitrogens with zero attached hydrogens (tertiary/aromatic N) is 1. The first-order chi connectivity index (χ1) is 13.9. The van der Waals surface area contributed by atoms with Crippen LogP contribution in [0.3, 0.4) is 0 Å². The molecule has 0 aliphatic rings. The minimum absolute atomic E-state index is 0.00959. The second kappa shape index (κ2) is 10.2. The molecule has 2 aromatic rings. The fraction of sp³-hybridized carbons (Fsp3) is 0.333. The minimum atomic E-state index is -0.393. The van der Waals surface area contributed by atoms with Gasteiger partial charge in [-0.1, -0.05) is 0 Å². The Kier molecular flexibility index (Phi) is 7.70. The molecule has 0 aliphatic carbocycles. The lowest BCUT2D eigenvalue weighted by Crippen LogP contribution is -2.18. The monoisotopic (exact) mass is 402 g/mol. The van der Waals surface area contributed by atoms with Gasteiger partial charge in [-0.3, -0.25) is 4.79 Å². The minimum Gasteiger partial charge on any atom is -0.496 e. The molecule has 0 saturated heterocycles. The summed E-state index contributed by atoms with van der Waals surface area (Å²) in [5.74, 6) is 2.22. The number of methoxy groups -OCH3 is 4. The Balaban J connectivity index is 2.17. The molecule has 29 heavy (non-hydrogen) atoms. The van der Waals surface area contributed by atoms with E-state index in [1.807, 2.05) is 13.8 Å². The Morgan fingerprint density at radius 1 is 0.862 bits per heavy atom. The molecule has 0 spiro atoms. The zero-order chi connectivity index (χ0) is 21.4. The highest BCUT2D eigenvalue weighted by atomic mass is 16.5. The lowest BCUT2D eigenvalue weighted by atomic mass is 10.2. The summed E-state index contributed by atoms with van der Waals surface area (Å²) in [5.41, 5.74) is 3.48. The quantitative estimate of drug-likeness (QED) is 0.512. The van der Waals surface area contributed by atoms with E-state index in [-0.39, 0.29) is 6.10 Å². The molecule has 2 rings (SSSR count). The van der Waals surface area contributed by atoms with Crippen LogP contribution in [0.15, 0.2) is 35.4 Å². The molecule has 0 atom stereocenters. The standard InChI is InChI=1S/C21H26N2O6/c1-13(2)29-16-8-7-14(9-18(16)26-4)21(24)23-22-12-15-10-19(27-5)20(28-6)11-17(15)25-3/h7-13H,1-6H3,(H,23,24)/b22-12-. The van der Waals surface area contributed by atoms with E-state index in [1.54, 1.807) is 30.3 Å². The first-order valence-corrected chi connectivity index (χ1v) is 8.91. The Morgan fingerprint density at radius 2 is 1.45 bits per heavy atom. The van der Waals surface area contributed by atoms with Crippen molar-refractivity contribution in [2.24, 2.45) is 5.10 Å². The van der Waals surface area contributed by atoms with E-state index in [4.69, 9.17) is 23.7 Å². The maximum atomic E-state index is 12.4. The van der Waals surface area contributed by atoms with Crippen LogP contribution in [0.5, 0.6) is 28.7 Å². The molecule has 0 bridgehead atoms. The number of carbonyl (C=O) groups excluding carboxylic acids is 1. The van der Waals surface area contributed by atoms with Crippen molar-refractivity contribution in [3.63, 3.8) is 0 Å². The second-order valence-corrected chi connectivity index (χ2v) is 6.18. The van der Waals surface area contributed by atoms with Gasteiger partial charge in [0, 0.05) is 17.2 Å². The van der Waals surface area contributed by atoms with E-state index in [2.05, 4.69) is 10.5 Å². The van der Waals surface area contributed by atoms with Gasteiger partial charge < -0.3 is 23.7 Å². The topological polar surface area (TPSA) is 87.6 Å². The molecule has 1 amide bonds. The van der Waals surface area contributed by atoms with Gasteiger partial charge in [-0.2, -0.15) is 5.10 Å². The van der Waals surface area contributed by atoms with Crippen LogP contribution in [0.1, 0.15) is 29.8 Å². The first-order valence-electron chi connectivity index (χ1n) is 8.91. The lowest BCUT2D eigenvalue weighted by Gasteiger charge is -2.14. The van der Waals surface area contributed by atoms with Crippen LogP contribution in [0.4, 0.5) is 0 Å². The summed E-state index contributed by atoms with van der Waals surface area (Å²) in [5, 5.41) is 4.01. The molecule has 156 valence electrons. The van der Waals surface area contributed by atoms with Crippen LogP contribution >= 0.6 is 0 Å². The average Bonchev–Trinajstić information content (AvgIpc) is 2.72. The lowest BCUT2D eigenvalue weighted by molar-refractivity contribution is 0.0954. The summed E-state index contributed by atoms with van der Waals surface area (Å²) in [6.45, 7) is 3.83. The molecule has 1 N–H and O–H groups in total. The van der Waals surface area contributed by atoms with Crippen molar-refractivity contribution in [2.45, 2.75) is 20.0 Å². The van der Waals surface area contributed by atoms with Crippen molar-refractivity contribution in [1.82, 2.24) is 5.43 Å². The van der Waals surface area contributed by atoms with Crippen molar-refractivity contribution < 1.29 is 28.5 Å². The van der Waals surface area contributed by atoms with Gasteiger partial charge in [0.05, 0.1) is 40.8 Å². The number of benzene rings is 2. The van der Waals surface area contributed by atoms with Crippen LogP contribution < -0.4 is 29.1 Å². The number of carbonyl (C=O) groups is 1. The van der Waals surface area contributed by atoms with Crippen molar-refractivity contribution in [2.75, 3.05) is 28.4 Å². The summed E-state index contributed by atoms with van der Waals surface area (Å²) in [6, 6.07) is 8.31. The third-order valence-corrected chi connectivity index (χ3v) is 3.89. The van der Waals surface area contributed by atoms with Crippen molar-refractivity contribution in [3.05, 3.63) is 41.5 Å². The number of nitrogens with one attached hydrogen (secondary N) is 1. The van der Waals surface area contributed by atoms with E-state index < -0.39 is 5.91 Å². The highest BCUT2D eigenvalue weighted by molar-refractivity contribution is 5.95. The predicted molar refractivity (Wildman–Crippen MR) is 110 cm³/mol. The zero-order valence-corrected chi connectivity index (χ0v) is 17.4. The second-order valence-electron chi connectivity index (χ2n) is 6.18. The smallest absolute Gasteiger partial charge is 0.271 e. The summed E-state index contributed by atoms with van der Waals surface area (Å²) < 4.78 is 26.8. The highest BCUT2D eigenvalue weighted by Gasteiger charge is 2.13. The molecule has 0 radical (unpaired) electrons. The largest absolute Gasteiger partial charge is 0.496 e. The summed E-state index contributed by atoms with van der Waals surface area (Å²) in [7, 11) is 6.13. The van der Waals surface area contributed by atoms with Gasteiger partial charge in [0.2, 0.25) is 0 Å². The van der Waals surface area contributed by atoms with E-state index >= 15 is 0 Å². The number of ether oxygens (including phenoxy) is 5. The number of rotatable bonds is 9. The van der Waals surface area contributed by atoms with Crippen LogP contribution in [0.2, 0.25) is 0 Å². The van der Waals surface area contributed by atoms with Crippen molar-refractivity contribution in [1.29, 1.82) is 0 Å². The van der Waals surface area contributed by atoms with E-state index in [1.165, 1.54) is 34.7 Å². The van der Waals surface area contributed by atoms with Gasteiger partial charge in [0.1, 0.15) is 5.75 Å². The maximum Gasteiger partial charge on any atom is 0.271 e. The Labute approximate surface area is 170 Å². The van der Waals surface area contributed by atoms with Gasteiger partial charge in [-0.05, 0) is 38.1 Å². The number of hydrogen-bond acceptors (Lipinski definition) is 7. The number of hydrazone groups is 1. The van der Waals surface area contributed by atoms with Gasteiger partial charge >= 0.3 is 0 Å². The van der Waals surface area contributed by atoms with Crippen LogP contribution in [-0.2, 0) is 0 Å². The molecule has 0 aromatic heterocycles. The van der Waals surface area contributed by atoms with E-state index in [0.29, 0.717) is 39.9 Å². The van der Waals surface area contributed by atoms with Crippen molar-refractivity contribution in [3.8, 4) is 28.7 Å². The van der Waals surface area contributed by atoms with Crippen molar-refractivity contribution >= 4 is 12.1 Å². The van der Waals surface area contributed by atoms with E-state index in [9.17, 15) is 4.79 Å². The fourth-order valence-electron chi connectivity index (χ4n) is 2.54. The SMILES string of the molecule is COc1cc(OC)c(OC)cc1/C=N\NC(=O)c1ccc(OC(C)C)c(OC)c1. The number of amides is 1. The molecular weight excluding hydrogens is 376 g/mol. The normalized spacial score (nSPS) is 10.7. The Hall–Kier alpha value is -3.42. The average molecular weight is 402 g/mol. The molecule has 0 heterocycles. The van der Waals surface area contributed by atoms with Crippen LogP contribution in [0, 0.1) is 0 Å². The zero-order valence-electron chi connectivity index (χ0n) is 17.4. The number of hydrogen-bond donors (Lipinski definition) is 1. The van der Waals surface area contributed by atoms with Gasteiger partial charge in [0.15, 0.2) is 23.0 Å². The molecule has 0 unspecified atom stereocenters. The molecule has 0 saturated carbocycles. The molecular formula is C21H26N2O6. The maximum absolute atomic E-state index is 12.4. The molecule has 0 fully saturated rings. The Bertz CT molecular complexity index is 880. The first kappa shape index (κ1) is 21.9. The molecule has 2 aromatic carbocycles. The summed E-state index contributed by atoms with van der Waals surface area (Å²) in [4.78, 5) is 12.4. The van der Waals surface area contributed by atoms with Gasteiger partial charge in [-0.15, -0.1) is 0 Å². The van der Waals surface area contributed by atoms with Gasteiger partial charge in [0.25, 0.3) is 5.91 Å². The summed E-state index contributed by atoms with van der Waals surface area (Å²) >= 11 is 0. The van der Waals surface area contributed by atoms with Gasteiger partial charge in [-0.25, -0.2) is 5.43 Å². The fourth-order valence-corrected chi connectivity index (χ4v) is 2.54. The third-order valence-electron chi connectivity index (χ3n) is 3.89.